The van der Waals surface area contributed by atoms with Crippen LogP contribution in [-0.2, 0) is 0 Å². The Balaban J connectivity index is 2.34. The molecule has 3 N–H and O–H groups in total. The van der Waals surface area contributed by atoms with Gasteiger partial charge in [0.05, 0.1) is 6.04 Å². The van der Waals surface area contributed by atoms with Crippen molar-refractivity contribution in [1.29, 1.82) is 0 Å². The largest absolute Gasteiger partial charge is 0.271 e. The van der Waals surface area contributed by atoms with Crippen LogP contribution in [0.5, 0.6) is 0 Å². The minimum Gasteiger partial charge on any atom is -0.271 e. The number of thioether (sulfide) groups is 1. The van der Waals surface area contributed by atoms with E-state index in [4.69, 9.17) is 17.4 Å². The maximum atomic E-state index is 13.9. The smallest absolute Gasteiger partial charge is 0.129 e. The Hall–Kier alpha value is -0.290. The van der Waals surface area contributed by atoms with E-state index in [1.54, 1.807) is 12.1 Å². The summed E-state index contributed by atoms with van der Waals surface area (Å²) in [5, 5.41) is 0.409. The minimum atomic E-state index is -0.297. The highest BCUT2D eigenvalue weighted by atomic mass is 35.5. The number of nitrogens with one attached hydrogen (secondary N) is 1. The lowest BCUT2D eigenvalue weighted by atomic mass is 9.90. The number of nitrogens with two attached hydrogens (primary N) is 1. The average Bonchev–Trinajstić information content (AvgIpc) is 2.70. The number of hydrogen-bond donors (Lipinski definition) is 2. The molecule has 0 spiro atoms. The average molecular weight is 275 g/mol. The van der Waals surface area contributed by atoms with E-state index in [2.05, 4.69) is 12.3 Å². The van der Waals surface area contributed by atoms with Gasteiger partial charge in [0.1, 0.15) is 5.82 Å². The SMILES string of the molecule is CC1(C(NN)c2ccc(Cl)cc2F)CCCS1. The second-order valence-electron chi connectivity index (χ2n) is 4.53. The van der Waals surface area contributed by atoms with Crippen molar-refractivity contribution in [3.05, 3.63) is 34.6 Å². The lowest BCUT2D eigenvalue weighted by Crippen LogP contribution is -2.41. The molecule has 2 rings (SSSR count). The van der Waals surface area contributed by atoms with Crippen LogP contribution < -0.4 is 11.3 Å². The number of benzene rings is 1. The zero-order chi connectivity index (χ0) is 12.5. The fourth-order valence-corrected chi connectivity index (χ4v) is 3.92. The van der Waals surface area contributed by atoms with Gasteiger partial charge in [-0.1, -0.05) is 17.7 Å². The highest BCUT2D eigenvalue weighted by molar-refractivity contribution is 8.00. The van der Waals surface area contributed by atoms with Crippen molar-refractivity contribution < 1.29 is 4.39 Å². The van der Waals surface area contributed by atoms with Crippen LogP contribution in [-0.4, -0.2) is 10.5 Å². The van der Waals surface area contributed by atoms with E-state index in [0.717, 1.165) is 18.6 Å². The van der Waals surface area contributed by atoms with Crippen LogP contribution in [0.25, 0.3) is 0 Å². The Morgan fingerprint density at radius 1 is 1.59 bits per heavy atom. The van der Waals surface area contributed by atoms with Gasteiger partial charge in [-0.05, 0) is 37.7 Å². The molecule has 0 radical (unpaired) electrons. The second-order valence-corrected chi connectivity index (χ2v) is 6.60. The molecule has 1 fully saturated rings. The molecule has 17 heavy (non-hydrogen) atoms. The molecule has 5 heteroatoms. The van der Waals surface area contributed by atoms with Crippen molar-refractivity contribution in [1.82, 2.24) is 5.43 Å². The molecule has 0 amide bonds. The molecule has 2 atom stereocenters. The Morgan fingerprint density at radius 3 is 2.88 bits per heavy atom. The lowest BCUT2D eigenvalue weighted by molar-refractivity contribution is 0.406. The van der Waals surface area contributed by atoms with Crippen LogP contribution in [0.1, 0.15) is 31.4 Å². The fraction of sp³-hybridized carbons (Fsp3) is 0.500. The van der Waals surface area contributed by atoms with Gasteiger partial charge in [0.2, 0.25) is 0 Å². The molecule has 0 bridgehead atoms. The molecule has 1 saturated heterocycles. The lowest BCUT2D eigenvalue weighted by Gasteiger charge is -2.33. The van der Waals surface area contributed by atoms with Crippen LogP contribution in [0.15, 0.2) is 18.2 Å². The summed E-state index contributed by atoms with van der Waals surface area (Å²) in [4.78, 5) is 0. The molecule has 0 aliphatic carbocycles. The molecule has 1 aromatic carbocycles. The van der Waals surface area contributed by atoms with Gasteiger partial charge in [0.25, 0.3) is 0 Å². The summed E-state index contributed by atoms with van der Waals surface area (Å²) in [5.74, 6) is 6.42. The maximum absolute atomic E-state index is 13.9. The molecule has 2 nitrogen and oxygen atoms in total. The van der Waals surface area contributed by atoms with Gasteiger partial charge in [-0.25, -0.2) is 4.39 Å². The van der Waals surface area contributed by atoms with Gasteiger partial charge in [-0.15, -0.1) is 0 Å². The van der Waals surface area contributed by atoms with Crippen LogP contribution in [0.4, 0.5) is 4.39 Å². The first-order valence-electron chi connectivity index (χ1n) is 5.62. The van der Waals surface area contributed by atoms with Gasteiger partial charge in [0, 0.05) is 15.3 Å². The third-order valence-corrected chi connectivity index (χ3v) is 5.13. The summed E-state index contributed by atoms with van der Waals surface area (Å²) in [7, 11) is 0. The van der Waals surface area contributed by atoms with Crippen molar-refractivity contribution in [3.63, 3.8) is 0 Å². The van der Waals surface area contributed by atoms with E-state index in [1.165, 1.54) is 6.07 Å². The topological polar surface area (TPSA) is 38.0 Å². The quantitative estimate of drug-likeness (QED) is 0.656. The summed E-state index contributed by atoms with van der Waals surface area (Å²) in [6, 6.07) is 4.57. The van der Waals surface area contributed by atoms with Crippen molar-refractivity contribution >= 4 is 23.4 Å². The van der Waals surface area contributed by atoms with E-state index in [-0.39, 0.29) is 16.6 Å². The van der Waals surface area contributed by atoms with Gasteiger partial charge < -0.3 is 0 Å². The summed E-state index contributed by atoms with van der Waals surface area (Å²) in [5.41, 5.74) is 3.35. The molecule has 0 aromatic heterocycles. The molecular formula is C12H16ClFN2S. The van der Waals surface area contributed by atoms with Crippen molar-refractivity contribution in [2.75, 3.05) is 5.75 Å². The van der Waals surface area contributed by atoms with E-state index in [1.807, 2.05) is 11.8 Å². The monoisotopic (exact) mass is 274 g/mol. The Morgan fingerprint density at radius 2 is 2.35 bits per heavy atom. The fourth-order valence-electron chi connectivity index (χ4n) is 2.36. The number of halogens is 2. The number of hydrazine groups is 1. The van der Waals surface area contributed by atoms with Crippen molar-refractivity contribution in [2.45, 2.75) is 30.6 Å². The third kappa shape index (κ3) is 2.60. The number of hydrogen-bond acceptors (Lipinski definition) is 3. The highest BCUT2D eigenvalue weighted by Crippen LogP contribution is 2.46. The second kappa shape index (κ2) is 5.14. The highest BCUT2D eigenvalue weighted by Gasteiger charge is 2.39. The first-order valence-corrected chi connectivity index (χ1v) is 6.98. The zero-order valence-electron chi connectivity index (χ0n) is 9.67. The Kier molecular flexibility index (Phi) is 3.98. The zero-order valence-corrected chi connectivity index (χ0v) is 11.2. The predicted molar refractivity (Wildman–Crippen MR) is 71.6 cm³/mol. The van der Waals surface area contributed by atoms with Crippen LogP contribution in [0.2, 0.25) is 5.02 Å². The first kappa shape index (κ1) is 13.1. The Bertz CT molecular complexity index is 407. The van der Waals surface area contributed by atoms with Crippen molar-refractivity contribution in [2.24, 2.45) is 5.84 Å². The van der Waals surface area contributed by atoms with Gasteiger partial charge in [-0.3, -0.25) is 11.3 Å². The molecule has 1 aliphatic rings. The maximum Gasteiger partial charge on any atom is 0.129 e. The molecule has 1 heterocycles. The van der Waals surface area contributed by atoms with Gasteiger partial charge in [0.15, 0.2) is 0 Å². The normalized spacial score (nSPS) is 26.1. The van der Waals surface area contributed by atoms with E-state index in [0.29, 0.717) is 10.6 Å². The molecule has 0 saturated carbocycles. The molecular weight excluding hydrogens is 259 g/mol. The summed E-state index contributed by atoms with van der Waals surface area (Å²) < 4.78 is 13.9. The van der Waals surface area contributed by atoms with E-state index < -0.39 is 0 Å². The summed E-state index contributed by atoms with van der Waals surface area (Å²) in [6.45, 7) is 2.13. The van der Waals surface area contributed by atoms with Crippen LogP contribution >= 0.6 is 23.4 Å². The summed E-state index contributed by atoms with van der Waals surface area (Å²) in [6.07, 6.45) is 2.18. The van der Waals surface area contributed by atoms with Crippen LogP contribution in [0, 0.1) is 5.82 Å². The van der Waals surface area contributed by atoms with Gasteiger partial charge in [-0.2, -0.15) is 11.8 Å². The van der Waals surface area contributed by atoms with Gasteiger partial charge >= 0.3 is 0 Å². The van der Waals surface area contributed by atoms with Crippen LogP contribution in [0.3, 0.4) is 0 Å². The number of rotatable bonds is 3. The first-order chi connectivity index (χ1) is 8.07. The predicted octanol–water partition coefficient (Wildman–Crippen LogP) is 3.27. The molecule has 1 aliphatic heterocycles. The molecule has 2 unspecified atom stereocenters. The Labute approximate surface area is 110 Å². The molecule has 94 valence electrons. The van der Waals surface area contributed by atoms with E-state index >= 15 is 0 Å². The van der Waals surface area contributed by atoms with E-state index in [9.17, 15) is 4.39 Å². The van der Waals surface area contributed by atoms with Crippen molar-refractivity contribution in [3.8, 4) is 0 Å². The summed E-state index contributed by atoms with van der Waals surface area (Å²) >= 11 is 7.61. The standard InChI is InChI=1S/C12H16ClFN2S/c1-12(5-2-6-17-12)11(16-15)9-4-3-8(13)7-10(9)14/h3-4,7,11,16H,2,5-6,15H2,1H3. The third-order valence-electron chi connectivity index (χ3n) is 3.30. The minimum absolute atomic E-state index is 0.0522. The molecule has 1 aromatic rings.